The van der Waals surface area contributed by atoms with Crippen LogP contribution in [0.25, 0.3) is 11.1 Å². The molecule has 0 aliphatic heterocycles. The average Bonchev–Trinajstić information content (AvgIpc) is 2.73. The van der Waals surface area contributed by atoms with Crippen LogP contribution in [0.4, 0.5) is 5.00 Å². The zero-order valence-electron chi connectivity index (χ0n) is 10.4. The van der Waals surface area contributed by atoms with E-state index < -0.39 is 0 Å². The van der Waals surface area contributed by atoms with Gasteiger partial charge in [0.05, 0.1) is 17.2 Å². The Balaban J connectivity index is 2.46. The molecular weight excluding hydrogens is 246 g/mol. The van der Waals surface area contributed by atoms with Gasteiger partial charge in [-0.05, 0) is 19.4 Å². The first-order chi connectivity index (χ1) is 8.63. The van der Waals surface area contributed by atoms with Crippen LogP contribution in [0, 0.1) is 6.92 Å². The summed E-state index contributed by atoms with van der Waals surface area (Å²) in [6.45, 7) is 4.17. The number of aryl methyl sites for hydroxylation is 1. The summed E-state index contributed by atoms with van der Waals surface area (Å²) in [6.07, 6.45) is 0. The third-order valence-electron chi connectivity index (χ3n) is 2.66. The lowest BCUT2D eigenvalue weighted by atomic mass is 10.0. The molecule has 0 saturated heterocycles. The van der Waals surface area contributed by atoms with Crippen molar-refractivity contribution in [2.75, 3.05) is 12.3 Å². The molecule has 0 fully saturated rings. The second-order valence-electron chi connectivity index (χ2n) is 3.98. The fourth-order valence-electron chi connectivity index (χ4n) is 1.75. The molecule has 1 aromatic heterocycles. The molecule has 3 nitrogen and oxygen atoms in total. The lowest BCUT2D eigenvalue weighted by Crippen LogP contribution is -2.05. The van der Waals surface area contributed by atoms with Gasteiger partial charge >= 0.3 is 5.97 Å². The Bertz CT molecular complexity index is 558. The Labute approximate surface area is 110 Å². The molecule has 2 N–H and O–H groups in total. The zero-order valence-corrected chi connectivity index (χ0v) is 11.2. The SMILES string of the molecule is CCOC(=O)c1csc(N)c1-c1ccc(C)cc1. The van der Waals surface area contributed by atoms with Crippen molar-refractivity contribution in [2.24, 2.45) is 0 Å². The molecule has 0 aliphatic carbocycles. The van der Waals surface area contributed by atoms with Crippen molar-refractivity contribution in [3.05, 3.63) is 40.8 Å². The number of anilines is 1. The number of esters is 1. The van der Waals surface area contributed by atoms with E-state index >= 15 is 0 Å². The maximum absolute atomic E-state index is 11.8. The number of thiophene rings is 1. The van der Waals surface area contributed by atoms with Gasteiger partial charge in [-0.25, -0.2) is 4.79 Å². The number of nitrogens with two attached hydrogens (primary N) is 1. The molecule has 0 bridgehead atoms. The smallest absolute Gasteiger partial charge is 0.339 e. The van der Waals surface area contributed by atoms with Crippen molar-refractivity contribution >= 4 is 22.3 Å². The third kappa shape index (κ3) is 2.38. The molecule has 0 atom stereocenters. The van der Waals surface area contributed by atoms with Crippen molar-refractivity contribution in [1.29, 1.82) is 0 Å². The van der Waals surface area contributed by atoms with Crippen LogP contribution >= 0.6 is 11.3 Å². The first kappa shape index (κ1) is 12.6. The van der Waals surface area contributed by atoms with Crippen LogP contribution in [-0.4, -0.2) is 12.6 Å². The van der Waals surface area contributed by atoms with E-state index in [0.717, 1.165) is 11.1 Å². The highest BCUT2D eigenvalue weighted by Gasteiger charge is 2.18. The monoisotopic (exact) mass is 261 g/mol. The Morgan fingerprint density at radius 1 is 1.33 bits per heavy atom. The molecule has 0 amide bonds. The summed E-state index contributed by atoms with van der Waals surface area (Å²) in [5, 5.41) is 2.39. The minimum Gasteiger partial charge on any atom is -0.462 e. The van der Waals surface area contributed by atoms with E-state index in [2.05, 4.69) is 0 Å². The van der Waals surface area contributed by atoms with Gasteiger partial charge in [0.2, 0.25) is 0 Å². The van der Waals surface area contributed by atoms with Gasteiger partial charge in [-0.1, -0.05) is 29.8 Å². The Kier molecular flexibility index (Phi) is 3.67. The second kappa shape index (κ2) is 5.23. The van der Waals surface area contributed by atoms with E-state index in [1.165, 1.54) is 16.9 Å². The van der Waals surface area contributed by atoms with E-state index in [-0.39, 0.29) is 5.97 Å². The quantitative estimate of drug-likeness (QED) is 0.860. The number of nitrogen functional groups attached to an aromatic ring is 1. The molecule has 2 rings (SSSR count). The zero-order chi connectivity index (χ0) is 13.1. The van der Waals surface area contributed by atoms with Crippen molar-refractivity contribution in [2.45, 2.75) is 13.8 Å². The Morgan fingerprint density at radius 2 is 2.00 bits per heavy atom. The lowest BCUT2D eigenvalue weighted by molar-refractivity contribution is 0.0528. The fraction of sp³-hybridized carbons (Fsp3) is 0.214. The first-order valence-electron chi connectivity index (χ1n) is 5.74. The van der Waals surface area contributed by atoms with Crippen molar-refractivity contribution in [3.63, 3.8) is 0 Å². The molecule has 0 radical (unpaired) electrons. The average molecular weight is 261 g/mol. The predicted molar refractivity (Wildman–Crippen MR) is 74.9 cm³/mol. The van der Waals surface area contributed by atoms with Crippen LogP contribution < -0.4 is 5.73 Å². The maximum Gasteiger partial charge on any atom is 0.339 e. The van der Waals surface area contributed by atoms with Gasteiger partial charge in [0.25, 0.3) is 0 Å². The molecule has 0 aliphatic rings. The lowest BCUT2D eigenvalue weighted by Gasteiger charge is -2.06. The van der Waals surface area contributed by atoms with Gasteiger partial charge < -0.3 is 10.5 Å². The molecule has 0 unspecified atom stereocenters. The topological polar surface area (TPSA) is 52.3 Å². The van der Waals surface area contributed by atoms with Crippen LogP contribution in [0.15, 0.2) is 29.6 Å². The number of ether oxygens (including phenoxy) is 1. The molecule has 2 aromatic rings. The summed E-state index contributed by atoms with van der Waals surface area (Å²) in [7, 11) is 0. The normalized spacial score (nSPS) is 10.3. The molecule has 1 heterocycles. The first-order valence-corrected chi connectivity index (χ1v) is 6.62. The summed E-state index contributed by atoms with van der Waals surface area (Å²) >= 11 is 1.36. The summed E-state index contributed by atoms with van der Waals surface area (Å²) in [5.41, 5.74) is 9.40. The van der Waals surface area contributed by atoms with Gasteiger partial charge in [0, 0.05) is 10.9 Å². The van der Waals surface area contributed by atoms with Crippen molar-refractivity contribution in [1.82, 2.24) is 0 Å². The van der Waals surface area contributed by atoms with E-state index in [1.807, 2.05) is 31.2 Å². The number of carbonyl (C=O) groups is 1. The molecule has 94 valence electrons. The highest BCUT2D eigenvalue weighted by atomic mass is 32.1. The van der Waals surface area contributed by atoms with Gasteiger partial charge in [-0.3, -0.25) is 0 Å². The molecule has 1 aromatic carbocycles. The molecule has 4 heteroatoms. The maximum atomic E-state index is 11.8. The van der Waals surface area contributed by atoms with E-state index in [4.69, 9.17) is 10.5 Å². The van der Waals surface area contributed by atoms with Crippen LogP contribution in [-0.2, 0) is 4.74 Å². The number of hydrogen-bond donors (Lipinski definition) is 1. The minimum atomic E-state index is -0.318. The van der Waals surface area contributed by atoms with Gasteiger partial charge in [-0.15, -0.1) is 11.3 Å². The molecule has 0 spiro atoms. The number of benzene rings is 1. The van der Waals surface area contributed by atoms with Gasteiger partial charge in [-0.2, -0.15) is 0 Å². The molecule has 0 saturated carbocycles. The Morgan fingerprint density at radius 3 is 2.61 bits per heavy atom. The number of hydrogen-bond acceptors (Lipinski definition) is 4. The van der Waals surface area contributed by atoms with Crippen molar-refractivity contribution in [3.8, 4) is 11.1 Å². The largest absolute Gasteiger partial charge is 0.462 e. The van der Waals surface area contributed by atoms with Crippen LogP contribution in [0.1, 0.15) is 22.8 Å². The van der Waals surface area contributed by atoms with E-state index in [9.17, 15) is 4.79 Å². The highest BCUT2D eigenvalue weighted by molar-refractivity contribution is 7.15. The standard InChI is InChI=1S/C14H15NO2S/c1-3-17-14(16)11-8-18-13(15)12(11)10-6-4-9(2)5-7-10/h4-8H,3,15H2,1-2H3. The summed E-state index contributed by atoms with van der Waals surface area (Å²) in [4.78, 5) is 11.8. The minimum absolute atomic E-state index is 0.318. The number of carbonyl (C=O) groups excluding carboxylic acids is 1. The van der Waals surface area contributed by atoms with Crippen LogP contribution in [0.5, 0.6) is 0 Å². The van der Waals surface area contributed by atoms with Gasteiger partial charge in [0.1, 0.15) is 0 Å². The molecule has 18 heavy (non-hydrogen) atoms. The molecular formula is C14H15NO2S. The summed E-state index contributed by atoms with van der Waals surface area (Å²) in [6, 6.07) is 7.94. The van der Waals surface area contributed by atoms with E-state index in [1.54, 1.807) is 12.3 Å². The number of rotatable bonds is 3. The third-order valence-corrected chi connectivity index (χ3v) is 3.47. The van der Waals surface area contributed by atoms with Crippen LogP contribution in [0.2, 0.25) is 0 Å². The fourth-order valence-corrected chi connectivity index (χ4v) is 2.55. The summed E-state index contributed by atoms with van der Waals surface area (Å²) < 4.78 is 5.04. The summed E-state index contributed by atoms with van der Waals surface area (Å²) in [5.74, 6) is -0.318. The van der Waals surface area contributed by atoms with Crippen molar-refractivity contribution < 1.29 is 9.53 Å². The second-order valence-corrected chi connectivity index (χ2v) is 4.89. The van der Waals surface area contributed by atoms with E-state index in [0.29, 0.717) is 17.2 Å². The van der Waals surface area contributed by atoms with Gasteiger partial charge in [0.15, 0.2) is 0 Å². The highest BCUT2D eigenvalue weighted by Crippen LogP contribution is 2.35. The predicted octanol–water partition coefficient (Wildman–Crippen LogP) is 3.48. The van der Waals surface area contributed by atoms with Crippen LogP contribution in [0.3, 0.4) is 0 Å². The Hall–Kier alpha value is -1.81.